The zero-order chi connectivity index (χ0) is 14.5. The first-order valence-electron chi connectivity index (χ1n) is 6.71. The highest BCUT2D eigenvalue weighted by atomic mass is 79.9. The lowest BCUT2D eigenvalue weighted by Gasteiger charge is -2.28. The van der Waals surface area contributed by atoms with Crippen molar-refractivity contribution in [3.05, 3.63) is 28.2 Å². The third kappa shape index (κ3) is 4.79. The molecule has 0 heterocycles. The Balaban J connectivity index is 2.81. The molecule has 0 aliphatic rings. The lowest BCUT2D eigenvalue weighted by atomic mass is 9.94. The van der Waals surface area contributed by atoms with E-state index in [0.29, 0.717) is 0 Å². The second-order valence-electron chi connectivity index (χ2n) is 5.31. The van der Waals surface area contributed by atoms with Gasteiger partial charge in [-0.2, -0.15) is 0 Å². The topological polar surface area (TPSA) is 41.5 Å². The summed E-state index contributed by atoms with van der Waals surface area (Å²) in [7, 11) is 0. The normalized spacial score (nSPS) is 14.5. The Morgan fingerprint density at radius 3 is 2.68 bits per heavy atom. The number of aliphatic hydroxyl groups is 1. The molecule has 1 aromatic rings. The molecule has 108 valence electrons. The zero-order valence-electron chi connectivity index (χ0n) is 12.2. The van der Waals surface area contributed by atoms with Crippen molar-refractivity contribution in [3.8, 4) is 5.75 Å². The molecule has 1 aromatic carbocycles. The first-order valence-corrected chi connectivity index (χ1v) is 7.51. The first-order chi connectivity index (χ1) is 8.88. The van der Waals surface area contributed by atoms with Gasteiger partial charge in [0.25, 0.3) is 0 Å². The van der Waals surface area contributed by atoms with Crippen molar-refractivity contribution >= 4 is 15.9 Å². The molecule has 0 saturated heterocycles. The lowest BCUT2D eigenvalue weighted by molar-refractivity contribution is -0.0270. The van der Waals surface area contributed by atoms with E-state index in [4.69, 9.17) is 4.74 Å². The van der Waals surface area contributed by atoms with Crippen LogP contribution in [0.25, 0.3) is 0 Å². The van der Waals surface area contributed by atoms with Crippen LogP contribution in [0.15, 0.2) is 22.7 Å². The van der Waals surface area contributed by atoms with E-state index >= 15 is 0 Å². The van der Waals surface area contributed by atoms with Crippen molar-refractivity contribution in [2.75, 3.05) is 13.2 Å². The molecule has 0 aliphatic carbocycles. The van der Waals surface area contributed by atoms with E-state index < -0.39 is 5.60 Å². The molecule has 0 fully saturated rings. The number of halogens is 1. The number of ether oxygens (including phenoxy) is 1. The second kappa shape index (κ2) is 7.27. The van der Waals surface area contributed by atoms with Gasteiger partial charge in [0.05, 0.1) is 10.1 Å². The number of rotatable bonds is 7. The summed E-state index contributed by atoms with van der Waals surface area (Å²) >= 11 is 3.51. The summed E-state index contributed by atoms with van der Waals surface area (Å²) in [5, 5.41) is 13.5. The smallest absolute Gasteiger partial charge is 0.138 e. The van der Waals surface area contributed by atoms with E-state index in [2.05, 4.69) is 28.2 Å². The van der Waals surface area contributed by atoms with Gasteiger partial charge in [-0.25, -0.2) is 0 Å². The third-order valence-electron chi connectivity index (χ3n) is 3.37. The predicted octanol–water partition coefficient (Wildman–Crippen LogP) is 3.34. The highest BCUT2D eigenvalue weighted by Gasteiger charge is 2.26. The summed E-state index contributed by atoms with van der Waals surface area (Å²) in [5.41, 5.74) is 0.265. The van der Waals surface area contributed by atoms with Crippen molar-refractivity contribution in [1.82, 2.24) is 5.32 Å². The molecule has 1 atom stereocenters. The molecule has 0 spiro atoms. The number of hydrogen-bond donors (Lipinski definition) is 2. The van der Waals surface area contributed by atoms with Gasteiger partial charge in [-0.15, -0.1) is 0 Å². The SMILES string of the molecule is CCNCc1cccc(Br)c1OCC(C)(O)C(C)C. The van der Waals surface area contributed by atoms with Crippen LogP contribution < -0.4 is 10.1 Å². The average molecular weight is 330 g/mol. The van der Waals surface area contributed by atoms with Gasteiger partial charge in [-0.1, -0.05) is 32.9 Å². The highest BCUT2D eigenvalue weighted by molar-refractivity contribution is 9.10. The van der Waals surface area contributed by atoms with Crippen LogP contribution >= 0.6 is 15.9 Å². The standard InChI is InChI=1S/C15H24BrNO2/c1-5-17-9-12-7-6-8-13(16)14(12)19-10-15(4,18)11(2)3/h6-8,11,17-18H,5,9-10H2,1-4H3. The fourth-order valence-corrected chi connectivity index (χ4v) is 2.02. The summed E-state index contributed by atoms with van der Waals surface area (Å²) in [6, 6.07) is 5.98. The van der Waals surface area contributed by atoms with Crippen molar-refractivity contribution in [3.63, 3.8) is 0 Å². The van der Waals surface area contributed by atoms with Gasteiger partial charge in [0.15, 0.2) is 0 Å². The number of para-hydroxylation sites is 1. The maximum absolute atomic E-state index is 10.3. The Morgan fingerprint density at radius 1 is 1.42 bits per heavy atom. The van der Waals surface area contributed by atoms with Crippen LogP contribution in [0.1, 0.15) is 33.3 Å². The van der Waals surface area contributed by atoms with Crippen LogP contribution in [0.3, 0.4) is 0 Å². The van der Waals surface area contributed by atoms with Gasteiger partial charge in [0.2, 0.25) is 0 Å². The van der Waals surface area contributed by atoms with Crippen molar-refractivity contribution in [2.24, 2.45) is 5.92 Å². The summed E-state index contributed by atoms with van der Waals surface area (Å²) in [6.07, 6.45) is 0. The molecular weight excluding hydrogens is 306 g/mol. The second-order valence-corrected chi connectivity index (χ2v) is 6.16. The number of nitrogens with one attached hydrogen (secondary N) is 1. The van der Waals surface area contributed by atoms with Gasteiger partial charge in [0, 0.05) is 12.1 Å². The van der Waals surface area contributed by atoms with Crippen LogP contribution in [0, 0.1) is 5.92 Å². The van der Waals surface area contributed by atoms with Crippen molar-refractivity contribution in [1.29, 1.82) is 0 Å². The molecule has 1 rings (SSSR count). The molecule has 0 aromatic heterocycles. The largest absolute Gasteiger partial charge is 0.489 e. The van der Waals surface area contributed by atoms with E-state index in [0.717, 1.165) is 28.9 Å². The molecule has 0 aliphatic heterocycles. The molecular formula is C15H24BrNO2. The average Bonchev–Trinajstić information content (AvgIpc) is 2.34. The van der Waals surface area contributed by atoms with E-state index in [1.807, 2.05) is 32.0 Å². The van der Waals surface area contributed by atoms with E-state index in [-0.39, 0.29) is 12.5 Å². The zero-order valence-corrected chi connectivity index (χ0v) is 13.8. The van der Waals surface area contributed by atoms with Gasteiger partial charge >= 0.3 is 0 Å². The van der Waals surface area contributed by atoms with Gasteiger partial charge in [0.1, 0.15) is 12.4 Å². The van der Waals surface area contributed by atoms with Gasteiger partial charge in [-0.05, 0) is 41.4 Å². The van der Waals surface area contributed by atoms with E-state index in [1.54, 1.807) is 6.92 Å². The van der Waals surface area contributed by atoms with Crippen LogP contribution in [-0.4, -0.2) is 23.9 Å². The van der Waals surface area contributed by atoms with Crippen LogP contribution in [0.5, 0.6) is 5.75 Å². The lowest BCUT2D eigenvalue weighted by Crippen LogP contribution is -2.38. The minimum atomic E-state index is -0.829. The van der Waals surface area contributed by atoms with Crippen LogP contribution in [0.4, 0.5) is 0 Å². The molecule has 0 amide bonds. The maximum Gasteiger partial charge on any atom is 0.138 e. The summed E-state index contributed by atoms with van der Waals surface area (Å²) in [6.45, 7) is 9.81. The van der Waals surface area contributed by atoms with E-state index in [1.165, 1.54) is 0 Å². The predicted molar refractivity (Wildman–Crippen MR) is 82.5 cm³/mol. The Labute approximate surface area is 124 Å². The minimum Gasteiger partial charge on any atom is -0.489 e. The highest BCUT2D eigenvalue weighted by Crippen LogP contribution is 2.30. The molecule has 0 bridgehead atoms. The minimum absolute atomic E-state index is 0.146. The number of benzene rings is 1. The fraction of sp³-hybridized carbons (Fsp3) is 0.600. The molecule has 0 saturated carbocycles. The number of hydrogen-bond acceptors (Lipinski definition) is 3. The summed E-state index contributed by atoms with van der Waals surface area (Å²) in [4.78, 5) is 0. The first kappa shape index (κ1) is 16.5. The van der Waals surface area contributed by atoms with Crippen molar-refractivity contribution < 1.29 is 9.84 Å². The Hall–Kier alpha value is -0.580. The fourth-order valence-electron chi connectivity index (χ4n) is 1.50. The maximum atomic E-state index is 10.3. The quantitative estimate of drug-likeness (QED) is 0.806. The summed E-state index contributed by atoms with van der Waals surface area (Å²) < 4.78 is 6.77. The molecule has 3 nitrogen and oxygen atoms in total. The monoisotopic (exact) mass is 329 g/mol. The summed E-state index contributed by atoms with van der Waals surface area (Å²) in [5.74, 6) is 0.955. The van der Waals surface area contributed by atoms with Crippen molar-refractivity contribution in [2.45, 2.75) is 39.8 Å². The molecule has 0 radical (unpaired) electrons. The Morgan fingerprint density at radius 2 is 2.11 bits per heavy atom. The molecule has 2 N–H and O–H groups in total. The molecule has 1 unspecified atom stereocenters. The third-order valence-corrected chi connectivity index (χ3v) is 3.99. The van der Waals surface area contributed by atoms with Crippen LogP contribution in [0.2, 0.25) is 0 Å². The molecule has 4 heteroatoms. The van der Waals surface area contributed by atoms with Gasteiger partial charge < -0.3 is 15.2 Å². The molecule has 19 heavy (non-hydrogen) atoms. The van der Waals surface area contributed by atoms with Crippen LogP contribution in [-0.2, 0) is 6.54 Å². The van der Waals surface area contributed by atoms with Gasteiger partial charge in [-0.3, -0.25) is 0 Å². The Bertz CT molecular complexity index is 405. The van der Waals surface area contributed by atoms with E-state index in [9.17, 15) is 5.11 Å². The Kier molecular flexibility index (Phi) is 6.30.